The van der Waals surface area contributed by atoms with E-state index in [1.807, 2.05) is 0 Å². The minimum absolute atomic E-state index is 0.0303. The second-order valence-electron chi connectivity index (χ2n) is 8.75. The standard InChI is InChI=1S/C21H26O4/c1-20(2,3)14-8-18(24)16(22)6-11(14)13-10-21(4,5)15-9-19(25)17(23)7-12(13)15/h6-9,13,22-25H,10H2,1-5H3/t13-/m0/s1. The Labute approximate surface area is 148 Å². The van der Waals surface area contributed by atoms with Gasteiger partial charge in [-0.05, 0) is 63.8 Å². The summed E-state index contributed by atoms with van der Waals surface area (Å²) in [5.74, 6) is -0.548. The number of fused-ring (bicyclic) bond motifs is 1. The third-order valence-corrected chi connectivity index (χ3v) is 5.30. The molecule has 0 aliphatic heterocycles. The van der Waals surface area contributed by atoms with Crippen molar-refractivity contribution in [2.75, 3.05) is 0 Å². The summed E-state index contributed by atoms with van der Waals surface area (Å²) in [6.45, 7) is 10.4. The summed E-state index contributed by atoms with van der Waals surface area (Å²) < 4.78 is 0. The SMILES string of the molecule is CC(C)(C)c1cc(O)c(O)cc1[C@@H]1CC(C)(C)c2cc(O)c(O)cc21. The summed E-state index contributed by atoms with van der Waals surface area (Å²) in [6.07, 6.45) is 0.790. The molecule has 1 atom stereocenters. The zero-order valence-corrected chi connectivity index (χ0v) is 15.4. The molecule has 25 heavy (non-hydrogen) atoms. The molecule has 0 bridgehead atoms. The molecular weight excluding hydrogens is 316 g/mol. The second kappa shape index (κ2) is 5.32. The number of hydrogen-bond acceptors (Lipinski definition) is 4. The van der Waals surface area contributed by atoms with Gasteiger partial charge in [0.05, 0.1) is 0 Å². The first-order valence-corrected chi connectivity index (χ1v) is 8.54. The summed E-state index contributed by atoms with van der Waals surface area (Å²) in [5.41, 5.74) is 3.47. The lowest BCUT2D eigenvalue weighted by Gasteiger charge is -2.27. The second-order valence-corrected chi connectivity index (χ2v) is 8.75. The first-order chi connectivity index (χ1) is 11.4. The molecule has 0 spiro atoms. The van der Waals surface area contributed by atoms with Gasteiger partial charge in [-0.3, -0.25) is 0 Å². The highest BCUT2D eigenvalue weighted by Gasteiger charge is 2.40. The third-order valence-electron chi connectivity index (χ3n) is 5.30. The van der Waals surface area contributed by atoms with Crippen LogP contribution in [0.3, 0.4) is 0 Å². The predicted molar refractivity (Wildman–Crippen MR) is 97.7 cm³/mol. The number of benzene rings is 2. The minimum Gasteiger partial charge on any atom is -0.504 e. The lowest BCUT2D eigenvalue weighted by atomic mass is 9.77. The fourth-order valence-electron chi connectivity index (χ4n) is 4.01. The average molecular weight is 342 g/mol. The van der Waals surface area contributed by atoms with E-state index in [2.05, 4.69) is 34.6 Å². The van der Waals surface area contributed by atoms with Crippen LogP contribution in [0.1, 0.15) is 69.2 Å². The van der Waals surface area contributed by atoms with E-state index in [1.165, 1.54) is 0 Å². The Morgan fingerprint density at radius 1 is 0.800 bits per heavy atom. The lowest BCUT2D eigenvalue weighted by molar-refractivity contribution is 0.399. The van der Waals surface area contributed by atoms with Gasteiger partial charge in [0.1, 0.15) is 0 Å². The van der Waals surface area contributed by atoms with E-state index in [1.54, 1.807) is 24.3 Å². The van der Waals surface area contributed by atoms with Gasteiger partial charge in [-0.2, -0.15) is 0 Å². The maximum absolute atomic E-state index is 10.1. The van der Waals surface area contributed by atoms with Crippen LogP contribution >= 0.6 is 0 Å². The summed E-state index contributed by atoms with van der Waals surface area (Å²) in [7, 11) is 0. The first kappa shape index (κ1) is 17.5. The normalized spacial score (nSPS) is 19.0. The molecule has 0 saturated carbocycles. The van der Waals surface area contributed by atoms with Crippen LogP contribution in [0.15, 0.2) is 24.3 Å². The van der Waals surface area contributed by atoms with E-state index in [4.69, 9.17) is 0 Å². The van der Waals surface area contributed by atoms with Crippen LogP contribution in [0.4, 0.5) is 0 Å². The maximum Gasteiger partial charge on any atom is 0.157 e. The van der Waals surface area contributed by atoms with Crippen LogP contribution in [-0.2, 0) is 10.8 Å². The van der Waals surface area contributed by atoms with E-state index in [-0.39, 0.29) is 39.7 Å². The van der Waals surface area contributed by atoms with Gasteiger partial charge in [0, 0.05) is 5.92 Å². The molecule has 1 aliphatic rings. The largest absolute Gasteiger partial charge is 0.504 e. The van der Waals surface area contributed by atoms with Crippen molar-refractivity contribution in [1.29, 1.82) is 0 Å². The molecule has 0 unspecified atom stereocenters. The fourth-order valence-corrected chi connectivity index (χ4v) is 4.01. The van der Waals surface area contributed by atoms with E-state index in [9.17, 15) is 20.4 Å². The third kappa shape index (κ3) is 2.80. The van der Waals surface area contributed by atoms with Gasteiger partial charge in [0.25, 0.3) is 0 Å². The highest BCUT2D eigenvalue weighted by molar-refractivity contribution is 5.58. The Bertz CT molecular complexity index is 844. The van der Waals surface area contributed by atoms with E-state index in [0.717, 1.165) is 28.7 Å². The number of aromatic hydroxyl groups is 4. The van der Waals surface area contributed by atoms with Gasteiger partial charge < -0.3 is 20.4 Å². The molecule has 0 aromatic heterocycles. The van der Waals surface area contributed by atoms with Crippen molar-refractivity contribution in [3.63, 3.8) is 0 Å². The molecule has 0 amide bonds. The van der Waals surface area contributed by atoms with Crippen LogP contribution in [0.25, 0.3) is 0 Å². The molecule has 0 heterocycles. The minimum atomic E-state index is -0.216. The molecule has 4 heteroatoms. The Morgan fingerprint density at radius 2 is 1.28 bits per heavy atom. The van der Waals surface area contributed by atoms with Crippen molar-refractivity contribution >= 4 is 0 Å². The van der Waals surface area contributed by atoms with E-state index in [0.29, 0.717) is 0 Å². The van der Waals surface area contributed by atoms with Crippen molar-refractivity contribution in [3.8, 4) is 23.0 Å². The molecule has 1 aliphatic carbocycles. The smallest absolute Gasteiger partial charge is 0.157 e. The van der Waals surface area contributed by atoms with Crippen LogP contribution in [0, 0.1) is 0 Å². The molecule has 3 rings (SSSR count). The topological polar surface area (TPSA) is 80.9 Å². The lowest BCUT2D eigenvalue weighted by Crippen LogP contribution is -2.17. The first-order valence-electron chi connectivity index (χ1n) is 8.54. The highest BCUT2D eigenvalue weighted by Crippen LogP contribution is 2.53. The van der Waals surface area contributed by atoms with Gasteiger partial charge in [0.15, 0.2) is 23.0 Å². The Morgan fingerprint density at radius 3 is 1.84 bits per heavy atom. The predicted octanol–water partition coefficient (Wildman–Crippen LogP) is 4.62. The number of hydrogen-bond donors (Lipinski definition) is 4. The zero-order valence-electron chi connectivity index (χ0n) is 15.4. The van der Waals surface area contributed by atoms with Gasteiger partial charge in [0.2, 0.25) is 0 Å². The van der Waals surface area contributed by atoms with E-state index >= 15 is 0 Å². The summed E-state index contributed by atoms with van der Waals surface area (Å²) in [6, 6.07) is 6.54. The molecule has 0 radical (unpaired) electrons. The van der Waals surface area contributed by atoms with Crippen LogP contribution in [0.5, 0.6) is 23.0 Å². The molecule has 0 fully saturated rings. The number of phenols is 4. The van der Waals surface area contributed by atoms with Gasteiger partial charge in [-0.1, -0.05) is 34.6 Å². The molecule has 4 N–H and O–H groups in total. The summed E-state index contributed by atoms with van der Waals surface area (Å²) in [5, 5.41) is 40.0. The molecule has 2 aromatic carbocycles. The van der Waals surface area contributed by atoms with Crippen molar-refractivity contribution in [2.24, 2.45) is 0 Å². The average Bonchev–Trinajstić information content (AvgIpc) is 2.72. The monoisotopic (exact) mass is 342 g/mol. The van der Waals surface area contributed by atoms with Gasteiger partial charge in [-0.25, -0.2) is 0 Å². The molecule has 0 saturated heterocycles. The van der Waals surface area contributed by atoms with Crippen LogP contribution in [0.2, 0.25) is 0 Å². The molecular formula is C21H26O4. The number of phenolic OH excluding ortho intramolecular Hbond substituents is 4. The van der Waals surface area contributed by atoms with Crippen molar-refractivity contribution in [3.05, 3.63) is 46.5 Å². The summed E-state index contributed by atoms with van der Waals surface area (Å²) >= 11 is 0. The molecule has 4 nitrogen and oxygen atoms in total. The molecule has 134 valence electrons. The van der Waals surface area contributed by atoms with Crippen LogP contribution < -0.4 is 0 Å². The Kier molecular flexibility index (Phi) is 3.71. The molecule has 2 aromatic rings. The van der Waals surface area contributed by atoms with Crippen molar-refractivity contribution in [2.45, 2.75) is 57.8 Å². The van der Waals surface area contributed by atoms with E-state index < -0.39 is 0 Å². The van der Waals surface area contributed by atoms with Crippen molar-refractivity contribution < 1.29 is 20.4 Å². The fraction of sp³-hybridized carbons (Fsp3) is 0.429. The zero-order chi connectivity index (χ0) is 18.7. The highest BCUT2D eigenvalue weighted by atomic mass is 16.3. The maximum atomic E-state index is 10.1. The summed E-state index contributed by atoms with van der Waals surface area (Å²) in [4.78, 5) is 0. The quantitative estimate of drug-likeness (QED) is 0.570. The van der Waals surface area contributed by atoms with Gasteiger partial charge >= 0.3 is 0 Å². The Balaban J connectivity index is 2.27. The Hall–Kier alpha value is -2.36. The van der Waals surface area contributed by atoms with Gasteiger partial charge in [-0.15, -0.1) is 0 Å². The van der Waals surface area contributed by atoms with Crippen molar-refractivity contribution in [1.82, 2.24) is 0 Å². The van der Waals surface area contributed by atoms with Crippen LogP contribution in [-0.4, -0.2) is 20.4 Å². The number of rotatable bonds is 1.